The molecule has 7 heteroatoms. The van der Waals surface area contributed by atoms with Gasteiger partial charge in [-0.05, 0) is 26.2 Å². The molecule has 0 saturated carbocycles. The van der Waals surface area contributed by atoms with Gasteiger partial charge in [-0.15, -0.1) is 0 Å². The van der Waals surface area contributed by atoms with Gasteiger partial charge in [-0.25, -0.2) is 9.97 Å². The SMILES string of the molecule is Cc1nc(C(=O)N2CCN(CC(C)C)CC2)nc(N2CC[C@@H](N)C2)c1C. The van der Waals surface area contributed by atoms with Crippen LogP contribution in [-0.4, -0.2) is 77.5 Å². The molecule has 3 heterocycles. The predicted molar refractivity (Wildman–Crippen MR) is 103 cm³/mol. The van der Waals surface area contributed by atoms with Crippen molar-refractivity contribution in [2.75, 3.05) is 50.7 Å². The molecule has 1 aromatic rings. The zero-order valence-electron chi connectivity index (χ0n) is 16.5. The molecule has 2 N–H and O–H groups in total. The van der Waals surface area contributed by atoms with Crippen molar-refractivity contribution in [2.24, 2.45) is 11.7 Å². The van der Waals surface area contributed by atoms with E-state index in [9.17, 15) is 4.79 Å². The second-order valence-corrected chi connectivity index (χ2v) is 8.06. The molecule has 7 nitrogen and oxygen atoms in total. The monoisotopic (exact) mass is 360 g/mol. The van der Waals surface area contributed by atoms with Crippen molar-refractivity contribution in [1.29, 1.82) is 0 Å². The van der Waals surface area contributed by atoms with Gasteiger partial charge in [0.25, 0.3) is 5.91 Å². The fourth-order valence-corrected chi connectivity index (χ4v) is 3.79. The molecular weight excluding hydrogens is 328 g/mol. The third kappa shape index (κ3) is 4.15. The van der Waals surface area contributed by atoms with Crippen molar-refractivity contribution in [3.8, 4) is 0 Å². The number of nitrogens with two attached hydrogens (primary N) is 1. The Morgan fingerprint density at radius 2 is 1.85 bits per heavy atom. The van der Waals surface area contributed by atoms with Crippen LogP contribution >= 0.6 is 0 Å². The molecule has 0 aromatic carbocycles. The van der Waals surface area contributed by atoms with E-state index in [-0.39, 0.29) is 11.9 Å². The minimum atomic E-state index is -0.0537. The first-order valence-electron chi connectivity index (χ1n) is 9.72. The molecule has 0 aliphatic carbocycles. The molecule has 2 saturated heterocycles. The van der Waals surface area contributed by atoms with Crippen LogP contribution in [0.2, 0.25) is 0 Å². The number of carbonyl (C=O) groups excluding carboxylic acids is 1. The summed E-state index contributed by atoms with van der Waals surface area (Å²) in [6.45, 7) is 14.5. The average molecular weight is 361 g/mol. The Bertz CT molecular complexity index is 654. The van der Waals surface area contributed by atoms with Gasteiger partial charge in [0, 0.05) is 63.1 Å². The topological polar surface area (TPSA) is 78.6 Å². The Hall–Kier alpha value is -1.73. The zero-order chi connectivity index (χ0) is 18.8. The first-order valence-corrected chi connectivity index (χ1v) is 9.72. The van der Waals surface area contributed by atoms with Gasteiger partial charge < -0.3 is 15.5 Å². The van der Waals surface area contributed by atoms with Gasteiger partial charge in [-0.3, -0.25) is 9.69 Å². The third-order valence-electron chi connectivity index (χ3n) is 5.36. The van der Waals surface area contributed by atoms with Crippen LogP contribution in [0.15, 0.2) is 0 Å². The van der Waals surface area contributed by atoms with Crippen LogP contribution < -0.4 is 10.6 Å². The van der Waals surface area contributed by atoms with Gasteiger partial charge in [0.05, 0.1) is 0 Å². The third-order valence-corrected chi connectivity index (χ3v) is 5.36. The van der Waals surface area contributed by atoms with E-state index in [2.05, 4.69) is 33.6 Å². The van der Waals surface area contributed by atoms with Gasteiger partial charge in [-0.1, -0.05) is 13.8 Å². The fourth-order valence-electron chi connectivity index (χ4n) is 3.79. The maximum Gasteiger partial charge on any atom is 0.291 e. The van der Waals surface area contributed by atoms with Crippen molar-refractivity contribution in [3.05, 3.63) is 17.1 Å². The van der Waals surface area contributed by atoms with Crippen LogP contribution in [-0.2, 0) is 0 Å². The number of aromatic nitrogens is 2. The number of hydrogen-bond acceptors (Lipinski definition) is 6. The second kappa shape index (κ2) is 7.88. The summed E-state index contributed by atoms with van der Waals surface area (Å²) in [7, 11) is 0. The summed E-state index contributed by atoms with van der Waals surface area (Å²) in [5.41, 5.74) is 7.96. The summed E-state index contributed by atoms with van der Waals surface area (Å²) >= 11 is 0. The van der Waals surface area contributed by atoms with Crippen LogP contribution in [0, 0.1) is 19.8 Å². The first kappa shape index (κ1) is 19.0. The first-order chi connectivity index (χ1) is 12.3. The Balaban J connectivity index is 1.73. The van der Waals surface area contributed by atoms with Gasteiger partial charge in [0.15, 0.2) is 0 Å². The van der Waals surface area contributed by atoms with Gasteiger partial charge >= 0.3 is 0 Å². The van der Waals surface area contributed by atoms with E-state index < -0.39 is 0 Å². The quantitative estimate of drug-likeness (QED) is 0.864. The molecule has 144 valence electrons. The molecule has 1 amide bonds. The molecule has 2 aliphatic rings. The van der Waals surface area contributed by atoms with E-state index in [4.69, 9.17) is 5.73 Å². The summed E-state index contributed by atoms with van der Waals surface area (Å²) in [6.07, 6.45) is 0.962. The zero-order valence-corrected chi connectivity index (χ0v) is 16.5. The van der Waals surface area contributed by atoms with Crippen LogP contribution in [0.5, 0.6) is 0 Å². The maximum atomic E-state index is 13.0. The van der Waals surface area contributed by atoms with Crippen molar-refractivity contribution in [2.45, 2.75) is 40.2 Å². The van der Waals surface area contributed by atoms with E-state index in [1.54, 1.807) is 0 Å². The maximum absolute atomic E-state index is 13.0. The normalized spacial score (nSPS) is 21.7. The van der Waals surface area contributed by atoms with E-state index in [0.29, 0.717) is 11.7 Å². The van der Waals surface area contributed by atoms with Crippen LogP contribution in [0.25, 0.3) is 0 Å². The Kier molecular flexibility index (Phi) is 5.77. The predicted octanol–water partition coefficient (Wildman–Crippen LogP) is 1.04. The standard InChI is InChI=1S/C19H32N6O/c1-13(2)11-23-7-9-24(10-8-23)19(26)17-21-15(4)14(3)18(22-17)25-6-5-16(20)12-25/h13,16H,5-12,20H2,1-4H3/t16-/m1/s1. The van der Waals surface area contributed by atoms with Crippen LogP contribution in [0.3, 0.4) is 0 Å². The Labute approximate surface area is 156 Å². The van der Waals surface area contributed by atoms with Crippen LogP contribution in [0.1, 0.15) is 42.1 Å². The lowest BCUT2D eigenvalue weighted by Gasteiger charge is -2.35. The molecular formula is C19H32N6O. The van der Waals surface area contributed by atoms with Crippen molar-refractivity contribution in [1.82, 2.24) is 19.8 Å². The molecule has 1 aromatic heterocycles. The number of hydrogen-bond donors (Lipinski definition) is 1. The lowest BCUT2D eigenvalue weighted by molar-refractivity contribution is 0.0611. The van der Waals surface area contributed by atoms with E-state index >= 15 is 0 Å². The highest BCUT2D eigenvalue weighted by Gasteiger charge is 2.28. The largest absolute Gasteiger partial charge is 0.355 e. The van der Waals surface area contributed by atoms with Gasteiger partial charge in [-0.2, -0.15) is 0 Å². The average Bonchev–Trinajstić information content (AvgIpc) is 3.03. The van der Waals surface area contributed by atoms with Gasteiger partial charge in [0.2, 0.25) is 5.82 Å². The number of amides is 1. The number of piperazine rings is 1. The van der Waals surface area contributed by atoms with E-state index in [1.807, 2.05) is 18.7 Å². The molecule has 1 atom stereocenters. The molecule has 0 unspecified atom stereocenters. The summed E-state index contributed by atoms with van der Waals surface area (Å²) < 4.78 is 0. The molecule has 0 bridgehead atoms. The smallest absolute Gasteiger partial charge is 0.291 e. The number of anilines is 1. The molecule has 3 rings (SSSR count). The fraction of sp³-hybridized carbons (Fsp3) is 0.737. The summed E-state index contributed by atoms with van der Waals surface area (Å²) in [4.78, 5) is 28.6. The number of nitrogens with zero attached hydrogens (tertiary/aromatic N) is 5. The summed E-state index contributed by atoms with van der Waals surface area (Å²) in [5.74, 6) is 1.78. The van der Waals surface area contributed by atoms with Crippen LogP contribution in [0.4, 0.5) is 5.82 Å². The highest BCUT2D eigenvalue weighted by atomic mass is 16.2. The van der Waals surface area contributed by atoms with Crippen molar-refractivity contribution >= 4 is 11.7 Å². The highest BCUT2D eigenvalue weighted by molar-refractivity contribution is 5.91. The van der Waals surface area contributed by atoms with Gasteiger partial charge in [0.1, 0.15) is 5.82 Å². The minimum absolute atomic E-state index is 0.0537. The summed E-state index contributed by atoms with van der Waals surface area (Å²) in [5, 5.41) is 0. The lowest BCUT2D eigenvalue weighted by Crippen LogP contribution is -2.49. The second-order valence-electron chi connectivity index (χ2n) is 8.06. The molecule has 26 heavy (non-hydrogen) atoms. The number of rotatable bonds is 4. The molecule has 2 aliphatic heterocycles. The minimum Gasteiger partial charge on any atom is -0.355 e. The summed E-state index contributed by atoms with van der Waals surface area (Å²) in [6, 6.07) is 0.179. The van der Waals surface area contributed by atoms with Crippen molar-refractivity contribution in [3.63, 3.8) is 0 Å². The lowest BCUT2D eigenvalue weighted by atomic mass is 10.2. The number of carbonyl (C=O) groups is 1. The Morgan fingerprint density at radius 3 is 2.42 bits per heavy atom. The van der Waals surface area contributed by atoms with Crippen molar-refractivity contribution < 1.29 is 4.79 Å². The van der Waals surface area contributed by atoms with E-state index in [0.717, 1.165) is 69.3 Å². The molecule has 2 fully saturated rings. The number of aryl methyl sites for hydroxylation is 1. The molecule has 0 spiro atoms. The van der Waals surface area contributed by atoms with E-state index in [1.165, 1.54) is 0 Å². The molecule has 0 radical (unpaired) electrons. The Morgan fingerprint density at radius 1 is 1.15 bits per heavy atom. The highest BCUT2D eigenvalue weighted by Crippen LogP contribution is 2.24.